The van der Waals surface area contributed by atoms with Crippen LogP contribution in [0.15, 0.2) is 12.1 Å². The fourth-order valence-corrected chi connectivity index (χ4v) is 3.64. The molecule has 0 fully saturated rings. The summed E-state index contributed by atoms with van der Waals surface area (Å²) < 4.78 is 13.3. The van der Waals surface area contributed by atoms with Crippen LogP contribution in [0.3, 0.4) is 0 Å². The van der Waals surface area contributed by atoms with Crippen molar-refractivity contribution in [2.75, 3.05) is 13.2 Å². The molecule has 0 amide bonds. The molecule has 0 radical (unpaired) electrons. The molecule has 0 atom stereocenters. The molecule has 0 saturated heterocycles. The minimum absolute atomic E-state index is 0.548. The third kappa shape index (κ3) is 3.17. The monoisotopic (exact) mass is 339 g/mol. The number of aryl methyl sites for hydroxylation is 1. The zero-order valence-electron chi connectivity index (χ0n) is 12.6. The van der Waals surface area contributed by atoms with E-state index < -0.39 is 0 Å². The molecule has 7 heteroatoms. The molecule has 0 unspecified atom stereocenters. The summed E-state index contributed by atoms with van der Waals surface area (Å²) in [4.78, 5) is 0. The van der Waals surface area contributed by atoms with Crippen molar-refractivity contribution in [3.05, 3.63) is 34.4 Å². The molecule has 2 aromatic rings. The highest BCUT2D eigenvalue weighted by molar-refractivity contribution is 7.97. The molecule has 22 heavy (non-hydrogen) atoms. The smallest absolute Gasteiger partial charge is 0.179 e. The van der Waals surface area contributed by atoms with Crippen molar-refractivity contribution in [3.8, 4) is 11.5 Å². The molecular formula is C15H18ClN3O2S. The second-order valence-electron chi connectivity index (χ2n) is 5.00. The van der Waals surface area contributed by atoms with E-state index in [1.807, 2.05) is 19.1 Å². The van der Waals surface area contributed by atoms with E-state index in [0.29, 0.717) is 24.0 Å². The quantitative estimate of drug-likeness (QED) is 0.834. The first-order valence-electron chi connectivity index (χ1n) is 7.23. The summed E-state index contributed by atoms with van der Waals surface area (Å²) in [5.41, 5.74) is 1.12. The highest BCUT2D eigenvalue weighted by Crippen LogP contribution is 2.39. The van der Waals surface area contributed by atoms with Crippen molar-refractivity contribution >= 4 is 23.4 Å². The molecule has 5 nitrogen and oxygen atoms in total. The number of fused-ring (bicyclic) bond motifs is 1. The number of hydrogen-bond acceptors (Lipinski definition) is 5. The van der Waals surface area contributed by atoms with Crippen LogP contribution in [0, 0.1) is 6.92 Å². The van der Waals surface area contributed by atoms with Crippen molar-refractivity contribution in [1.29, 1.82) is 0 Å². The molecule has 1 aliphatic rings. The summed E-state index contributed by atoms with van der Waals surface area (Å²) in [6.07, 6.45) is 0. The summed E-state index contributed by atoms with van der Waals surface area (Å²) in [6, 6.07) is 3.95. The van der Waals surface area contributed by atoms with Gasteiger partial charge in [0.25, 0.3) is 0 Å². The molecule has 0 saturated carbocycles. The summed E-state index contributed by atoms with van der Waals surface area (Å²) in [6.45, 7) is 6.09. The fraction of sp³-hybridized carbons (Fsp3) is 0.467. The SMILES string of the molecule is CCn1c(C)nnc1CSCc1cc(Cl)c2c(c1)OCCO2. The van der Waals surface area contributed by atoms with Gasteiger partial charge in [-0.3, -0.25) is 0 Å². The maximum Gasteiger partial charge on any atom is 0.179 e. The van der Waals surface area contributed by atoms with E-state index in [1.165, 1.54) is 0 Å². The number of halogens is 1. The highest BCUT2D eigenvalue weighted by Gasteiger charge is 2.16. The van der Waals surface area contributed by atoms with E-state index in [0.717, 1.165) is 41.0 Å². The van der Waals surface area contributed by atoms with Crippen LogP contribution in [-0.2, 0) is 18.1 Å². The lowest BCUT2D eigenvalue weighted by molar-refractivity contribution is 0.171. The lowest BCUT2D eigenvalue weighted by Crippen LogP contribution is -2.15. The number of thioether (sulfide) groups is 1. The fourth-order valence-electron chi connectivity index (χ4n) is 2.45. The lowest BCUT2D eigenvalue weighted by Gasteiger charge is -2.20. The van der Waals surface area contributed by atoms with Gasteiger partial charge >= 0.3 is 0 Å². The van der Waals surface area contributed by atoms with Gasteiger partial charge in [-0.2, -0.15) is 0 Å². The number of aromatic nitrogens is 3. The summed E-state index contributed by atoms with van der Waals surface area (Å²) >= 11 is 8.04. The van der Waals surface area contributed by atoms with Crippen LogP contribution in [0.4, 0.5) is 0 Å². The predicted octanol–water partition coefficient (Wildman–Crippen LogP) is 3.46. The van der Waals surface area contributed by atoms with E-state index in [4.69, 9.17) is 21.1 Å². The Morgan fingerprint density at radius 3 is 2.86 bits per heavy atom. The normalized spacial score (nSPS) is 13.4. The van der Waals surface area contributed by atoms with Crippen molar-refractivity contribution in [1.82, 2.24) is 14.8 Å². The van der Waals surface area contributed by atoms with Gasteiger partial charge < -0.3 is 14.0 Å². The standard InChI is InChI=1S/C15H18ClN3O2S/c1-3-19-10(2)17-18-14(19)9-22-8-11-6-12(16)15-13(7-11)20-4-5-21-15/h6-7H,3-5,8-9H2,1-2H3. The number of nitrogens with zero attached hydrogens (tertiary/aromatic N) is 3. The third-order valence-corrected chi connectivity index (χ3v) is 4.77. The Morgan fingerprint density at radius 2 is 2.05 bits per heavy atom. The van der Waals surface area contributed by atoms with Crippen molar-refractivity contribution in [2.45, 2.75) is 31.9 Å². The molecule has 0 spiro atoms. The average molecular weight is 340 g/mol. The van der Waals surface area contributed by atoms with Gasteiger partial charge in [-0.05, 0) is 31.5 Å². The number of rotatable bonds is 5. The largest absolute Gasteiger partial charge is 0.486 e. The van der Waals surface area contributed by atoms with E-state index in [2.05, 4.69) is 21.7 Å². The third-order valence-electron chi connectivity index (χ3n) is 3.49. The Kier molecular flexibility index (Phi) is 4.78. The van der Waals surface area contributed by atoms with Crippen molar-refractivity contribution in [2.24, 2.45) is 0 Å². The van der Waals surface area contributed by atoms with Gasteiger partial charge in [-0.1, -0.05) is 11.6 Å². The maximum absolute atomic E-state index is 6.25. The van der Waals surface area contributed by atoms with Gasteiger partial charge in [0.2, 0.25) is 0 Å². The molecule has 0 bridgehead atoms. The van der Waals surface area contributed by atoms with Gasteiger partial charge in [-0.25, -0.2) is 0 Å². The van der Waals surface area contributed by atoms with E-state index in [9.17, 15) is 0 Å². The molecule has 1 aromatic heterocycles. The Morgan fingerprint density at radius 1 is 1.23 bits per heavy atom. The first kappa shape index (κ1) is 15.5. The van der Waals surface area contributed by atoms with E-state index in [-0.39, 0.29) is 0 Å². The average Bonchev–Trinajstić information content (AvgIpc) is 2.87. The Bertz CT molecular complexity index is 675. The lowest BCUT2D eigenvalue weighted by atomic mass is 10.2. The van der Waals surface area contributed by atoms with Crippen LogP contribution in [-0.4, -0.2) is 28.0 Å². The second-order valence-corrected chi connectivity index (χ2v) is 6.40. The van der Waals surface area contributed by atoms with Gasteiger partial charge in [-0.15, -0.1) is 22.0 Å². The number of benzene rings is 1. The van der Waals surface area contributed by atoms with Crippen LogP contribution < -0.4 is 9.47 Å². The van der Waals surface area contributed by atoms with Gasteiger partial charge in [0.15, 0.2) is 11.5 Å². The van der Waals surface area contributed by atoms with Crippen LogP contribution in [0.5, 0.6) is 11.5 Å². The minimum Gasteiger partial charge on any atom is -0.486 e. The van der Waals surface area contributed by atoms with E-state index in [1.54, 1.807) is 11.8 Å². The second kappa shape index (κ2) is 6.79. The molecule has 1 aromatic carbocycles. The number of ether oxygens (including phenoxy) is 2. The summed E-state index contributed by atoms with van der Waals surface area (Å²) in [5.74, 6) is 5.02. The van der Waals surface area contributed by atoms with Crippen molar-refractivity contribution in [3.63, 3.8) is 0 Å². The molecule has 2 heterocycles. The van der Waals surface area contributed by atoms with Gasteiger partial charge in [0.1, 0.15) is 24.9 Å². The molecular weight excluding hydrogens is 322 g/mol. The van der Waals surface area contributed by atoms with Crippen LogP contribution in [0.2, 0.25) is 5.02 Å². The Labute approximate surface area is 139 Å². The molecule has 1 aliphatic heterocycles. The predicted molar refractivity (Wildman–Crippen MR) is 87.9 cm³/mol. The highest BCUT2D eigenvalue weighted by atomic mass is 35.5. The topological polar surface area (TPSA) is 49.2 Å². The van der Waals surface area contributed by atoms with Gasteiger partial charge in [0.05, 0.1) is 10.8 Å². The summed E-state index contributed by atoms with van der Waals surface area (Å²) in [7, 11) is 0. The van der Waals surface area contributed by atoms with Crippen LogP contribution >= 0.6 is 23.4 Å². The van der Waals surface area contributed by atoms with Crippen LogP contribution in [0.25, 0.3) is 0 Å². The summed E-state index contributed by atoms with van der Waals surface area (Å²) in [5, 5.41) is 8.97. The Hall–Kier alpha value is -1.40. The van der Waals surface area contributed by atoms with E-state index >= 15 is 0 Å². The molecule has 0 N–H and O–H groups in total. The maximum atomic E-state index is 6.25. The molecule has 0 aliphatic carbocycles. The van der Waals surface area contributed by atoms with Gasteiger partial charge in [0, 0.05) is 12.3 Å². The zero-order valence-corrected chi connectivity index (χ0v) is 14.2. The first-order chi connectivity index (χ1) is 10.7. The zero-order chi connectivity index (χ0) is 15.5. The first-order valence-corrected chi connectivity index (χ1v) is 8.76. The minimum atomic E-state index is 0.548. The van der Waals surface area contributed by atoms with Crippen LogP contribution in [0.1, 0.15) is 24.1 Å². The molecule has 3 rings (SSSR count). The molecule has 118 valence electrons. The number of hydrogen-bond donors (Lipinski definition) is 0. The van der Waals surface area contributed by atoms with Crippen molar-refractivity contribution < 1.29 is 9.47 Å². The Balaban J connectivity index is 1.65.